The number of amides is 1. The molecule has 1 N–H and O–H groups in total. The van der Waals surface area contributed by atoms with E-state index in [0.29, 0.717) is 5.92 Å². The molecule has 0 aromatic rings. The van der Waals surface area contributed by atoms with Gasteiger partial charge in [0.05, 0.1) is 0 Å². The maximum absolute atomic E-state index is 11.5. The van der Waals surface area contributed by atoms with Crippen LogP contribution in [0.1, 0.15) is 46.0 Å². The summed E-state index contributed by atoms with van der Waals surface area (Å²) >= 11 is 0. The van der Waals surface area contributed by atoms with Gasteiger partial charge in [0.25, 0.3) is 0 Å². The SMILES string of the molecule is CC#CC1CCCNC(=O)C(C)CCC1. The van der Waals surface area contributed by atoms with Crippen LogP contribution in [-0.2, 0) is 4.79 Å². The Morgan fingerprint density at radius 1 is 1.27 bits per heavy atom. The number of hydrogen-bond donors (Lipinski definition) is 1. The summed E-state index contributed by atoms with van der Waals surface area (Å²) in [7, 11) is 0. The molecule has 2 unspecified atom stereocenters. The number of rotatable bonds is 0. The van der Waals surface area contributed by atoms with Crippen LogP contribution < -0.4 is 5.32 Å². The molecule has 1 aliphatic rings. The Morgan fingerprint density at radius 3 is 2.73 bits per heavy atom. The molecule has 0 radical (unpaired) electrons. The molecule has 0 saturated carbocycles. The van der Waals surface area contributed by atoms with Crippen molar-refractivity contribution in [1.82, 2.24) is 5.32 Å². The number of carbonyl (C=O) groups excluding carboxylic acids is 1. The number of nitrogens with one attached hydrogen (secondary N) is 1. The van der Waals surface area contributed by atoms with Gasteiger partial charge in [-0.15, -0.1) is 11.8 Å². The summed E-state index contributed by atoms with van der Waals surface area (Å²) in [6.45, 7) is 4.73. The summed E-state index contributed by atoms with van der Waals surface area (Å²) in [5, 5.41) is 2.98. The van der Waals surface area contributed by atoms with E-state index in [1.165, 1.54) is 0 Å². The zero-order valence-electron chi connectivity index (χ0n) is 9.81. The Labute approximate surface area is 92.8 Å². The first-order valence-electron chi connectivity index (χ1n) is 5.94. The highest BCUT2D eigenvalue weighted by molar-refractivity contribution is 5.78. The zero-order valence-corrected chi connectivity index (χ0v) is 9.81. The summed E-state index contributed by atoms with van der Waals surface area (Å²) in [6.07, 6.45) is 5.44. The highest BCUT2D eigenvalue weighted by Crippen LogP contribution is 2.18. The van der Waals surface area contributed by atoms with E-state index in [1.807, 2.05) is 13.8 Å². The molecule has 2 heteroatoms. The van der Waals surface area contributed by atoms with Gasteiger partial charge >= 0.3 is 0 Å². The Bertz CT molecular complexity index is 261. The first-order valence-corrected chi connectivity index (χ1v) is 5.94. The topological polar surface area (TPSA) is 29.1 Å². The van der Waals surface area contributed by atoms with Crippen molar-refractivity contribution >= 4 is 5.91 Å². The highest BCUT2D eigenvalue weighted by Gasteiger charge is 2.15. The van der Waals surface area contributed by atoms with Gasteiger partial charge in [-0.1, -0.05) is 13.3 Å². The first kappa shape index (κ1) is 12.1. The molecule has 84 valence electrons. The van der Waals surface area contributed by atoms with Crippen molar-refractivity contribution in [2.75, 3.05) is 6.54 Å². The van der Waals surface area contributed by atoms with Crippen molar-refractivity contribution in [2.24, 2.45) is 11.8 Å². The van der Waals surface area contributed by atoms with Crippen LogP contribution in [0.25, 0.3) is 0 Å². The molecule has 2 nitrogen and oxygen atoms in total. The molecule has 0 aliphatic carbocycles. The minimum Gasteiger partial charge on any atom is -0.356 e. The maximum Gasteiger partial charge on any atom is 0.222 e. The second-order valence-corrected chi connectivity index (χ2v) is 4.36. The molecular weight excluding hydrogens is 186 g/mol. The van der Waals surface area contributed by atoms with Crippen LogP contribution in [0.15, 0.2) is 0 Å². The lowest BCUT2D eigenvalue weighted by Gasteiger charge is -2.17. The van der Waals surface area contributed by atoms with Crippen molar-refractivity contribution < 1.29 is 4.79 Å². The van der Waals surface area contributed by atoms with Gasteiger partial charge in [0.1, 0.15) is 0 Å². The Kier molecular flexibility index (Phi) is 5.25. The minimum absolute atomic E-state index is 0.165. The Balaban J connectivity index is 2.46. The Hall–Kier alpha value is -0.970. The van der Waals surface area contributed by atoms with Gasteiger partial charge < -0.3 is 5.32 Å². The molecule has 0 bridgehead atoms. The van der Waals surface area contributed by atoms with Crippen LogP contribution in [0.3, 0.4) is 0 Å². The van der Waals surface area contributed by atoms with Gasteiger partial charge in [-0.3, -0.25) is 4.79 Å². The van der Waals surface area contributed by atoms with Crippen LogP contribution in [0.4, 0.5) is 0 Å². The van der Waals surface area contributed by atoms with Gasteiger partial charge in [0, 0.05) is 18.4 Å². The normalized spacial score (nSPS) is 28.5. The van der Waals surface area contributed by atoms with Gasteiger partial charge in [0.15, 0.2) is 0 Å². The third kappa shape index (κ3) is 4.38. The molecule has 1 heterocycles. The minimum atomic E-state index is 0.165. The van der Waals surface area contributed by atoms with E-state index in [9.17, 15) is 4.79 Å². The van der Waals surface area contributed by atoms with Crippen LogP contribution in [0, 0.1) is 23.7 Å². The molecule has 0 aromatic heterocycles. The number of carbonyl (C=O) groups is 1. The Morgan fingerprint density at radius 2 is 2.00 bits per heavy atom. The van der Waals surface area contributed by atoms with Gasteiger partial charge in [-0.25, -0.2) is 0 Å². The second kappa shape index (κ2) is 6.50. The average Bonchev–Trinajstić information content (AvgIpc) is 2.23. The van der Waals surface area contributed by atoms with Crippen molar-refractivity contribution in [2.45, 2.75) is 46.0 Å². The molecular formula is C13H21NO. The van der Waals surface area contributed by atoms with Gasteiger partial charge in [-0.2, -0.15) is 0 Å². The quantitative estimate of drug-likeness (QED) is 0.607. The maximum atomic E-state index is 11.5. The lowest BCUT2D eigenvalue weighted by Crippen LogP contribution is -2.30. The molecule has 15 heavy (non-hydrogen) atoms. The van der Waals surface area contributed by atoms with E-state index in [-0.39, 0.29) is 11.8 Å². The summed E-state index contributed by atoms with van der Waals surface area (Å²) in [4.78, 5) is 11.5. The number of hydrogen-bond acceptors (Lipinski definition) is 1. The van der Waals surface area contributed by atoms with Crippen molar-refractivity contribution in [1.29, 1.82) is 0 Å². The molecule has 1 amide bonds. The lowest BCUT2D eigenvalue weighted by atomic mass is 9.93. The third-order valence-electron chi connectivity index (χ3n) is 3.01. The van der Waals surface area contributed by atoms with E-state index in [0.717, 1.165) is 38.6 Å². The van der Waals surface area contributed by atoms with Crippen molar-refractivity contribution in [3.63, 3.8) is 0 Å². The van der Waals surface area contributed by atoms with Crippen molar-refractivity contribution in [3.05, 3.63) is 0 Å². The third-order valence-corrected chi connectivity index (χ3v) is 3.01. The smallest absolute Gasteiger partial charge is 0.222 e. The van der Waals surface area contributed by atoms with E-state index in [4.69, 9.17) is 0 Å². The molecule has 0 aromatic carbocycles. The van der Waals surface area contributed by atoms with E-state index in [2.05, 4.69) is 17.2 Å². The predicted octanol–water partition coefficient (Wildman–Crippen LogP) is 2.34. The molecule has 2 atom stereocenters. The van der Waals surface area contributed by atoms with Gasteiger partial charge in [0.2, 0.25) is 5.91 Å². The lowest BCUT2D eigenvalue weighted by molar-refractivity contribution is -0.124. The fraction of sp³-hybridized carbons (Fsp3) is 0.769. The van der Waals surface area contributed by atoms with E-state index in [1.54, 1.807) is 0 Å². The fourth-order valence-electron chi connectivity index (χ4n) is 2.03. The average molecular weight is 207 g/mol. The summed E-state index contributed by atoms with van der Waals surface area (Å²) in [6, 6.07) is 0. The molecule has 1 fully saturated rings. The largest absolute Gasteiger partial charge is 0.356 e. The van der Waals surface area contributed by atoms with Crippen molar-refractivity contribution in [3.8, 4) is 11.8 Å². The summed E-state index contributed by atoms with van der Waals surface area (Å²) in [5.74, 6) is 7.19. The summed E-state index contributed by atoms with van der Waals surface area (Å²) in [5.41, 5.74) is 0. The predicted molar refractivity (Wildman–Crippen MR) is 62.2 cm³/mol. The van der Waals surface area contributed by atoms with Gasteiger partial charge in [-0.05, 0) is 32.6 Å². The second-order valence-electron chi connectivity index (χ2n) is 4.36. The van der Waals surface area contributed by atoms with E-state index >= 15 is 0 Å². The van der Waals surface area contributed by atoms with Crippen LogP contribution in [0.2, 0.25) is 0 Å². The monoisotopic (exact) mass is 207 g/mol. The highest BCUT2D eigenvalue weighted by atomic mass is 16.1. The molecule has 0 spiro atoms. The van der Waals surface area contributed by atoms with Crippen LogP contribution in [-0.4, -0.2) is 12.5 Å². The summed E-state index contributed by atoms with van der Waals surface area (Å²) < 4.78 is 0. The van der Waals surface area contributed by atoms with Crippen LogP contribution in [0.5, 0.6) is 0 Å². The fourth-order valence-corrected chi connectivity index (χ4v) is 2.03. The van der Waals surface area contributed by atoms with E-state index < -0.39 is 0 Å². The molecule has 1 aliphatic heterocycles. The zero-order chi connectivity index (χ0) is 11.1. The molecule has 1 saturated heterocycles. The standard InChI is InChI=1S/C13H21NO/c1-3-6-12-8-4-7-11(2)13(15)14-10-5-9-12/h11-12H,4-5,7-10H2,1-2H3,(H,14,15). The molecule has 1 rings (SSSR count). The van der Waals surface area contributed by atoms with Crippen LogP contribution >= 0.6 is 0 Å². The first-order chi connectivity index (χ1) is 7.24.